The molecule has 1 amide bonds. The average Bonchev–Trinajstić information content (AvgIpc) is 2.61. The van der Waals surface area contributed by atoms with Crippen LogP contribution in [0.25, 0.3) is 0 Å². The molecular weight excluding hydrogens is 324 g/mol. The van der Waals surface area contributed by atoms with Gasteiger partial charge in [-0.15, -0.1) is 0 Å². The monoisotopic (exact) mass is 346 g/mol. The van der Waals surface area contributed by atoms with Crippen LogP contribution in [0.2, 0.25) is 0 Å². The summed E-state index contributed by atoms with van der Waals surface area (Å²) in [6, 6.07) is 16.8. The molecule has 0 spiro atoms. The Kier molecular flexibility index (Phi) is 5.98. The van der Waals surface area contributed by atoms with Crippen LogP contribution in [0.1, 0.15) is 20.3 Å². The molecule has 0 radical (unpaired) electrons. The van der Waals surface area contributed by atoms with Crippen LogP contribution in [-0.4, -0.2) is 26.9 Å². The van der Waals surface area contributed by atoms with Crippen molar-refractivity contribution in [1.82, 2.24) is 5.32 Å². The number of amides is 1. The molecule has 0 heterocycles. The van der Waals surface area contributed by atoms with E-state index >= 15 is 0 Å². The fourth-order valence-electron chi connectivity index (χ4n) is 2.18. The van der Waals surface area contributed by atoms with Gasteiger partial charge in [-0.2, -0.15) is 0 Å². The minimum atomic E-state index is -3.82. The second-order valence-corrected chi connectivity index (χ2v) is 7.40. The van der Waals surface area contributed by atoms with Crippen molar-refractivity contribution in [3.8, 4) is 0 Å². The predicted molar refractivity (Wildman–Crippen MR) is 95.3 cm³/mol. The van der Waals surface area contributed by atoms with Gasteiger partial charge in [-0.3, -0.25) is 9.10 Å². The average molecular weight is 346 g/mol. The van der Waals surface area contributed by atoms with Crippen molar-refractivity contribution in [2.45, 2.75) is 31.2 Å². The molecule has 2 aromatic rings. The van der Waals surface area contributed by atoms with Crippen LogP contribution in [0.5, 0.6) is 0 Å². The maximum absolute atomic E-state index is 13.0. The van der Waals surface area contributed by atoms with E-state index in [1.807, 2.05) is 13.8 Å². The first kappa shape index (κ1) is 18.0. The van der Waals surface area contributed by atoms with E-state index in [2.05, 4.69) is 5.32 Å². The zero-order valence-electron chi connectivity index (χ0n) is 13.8. The van der Waals surface area contributed by atoms with E-state index in [0.29, 0.717) is 5.69 Å². The van der Waals surface area contributed by atoms with E-state index in [9.17, 15) is 13.2 Å². The Hall–Kier alpha value is -2.34. The van der Waals surface area contributed by atoms with Crippen LogP contribution in [0, 0.1) is 0 Å². The number of hydrogen-bond acceptors (Lipinski definition) is 3. The van der Waals surface area contributed by atoms with Gasteiger partial charge in [0.15, 0.2) is 0 Å². The van der Waals surface area contributed by atoms with Gasteiger partial charge >= 0.3 is 0 Å². The number of rotatable bonds is 7. The number of nitrogens with zero attached hydrogens (tertiary/aromatic N) is 1. The standard InChI is InChI=1S/C18H22N2O3S/c1-3-15(2)19-18(21)14-20(16-10-6-4-7-11-16)24(22,23)17-12-8-5-9-13-17/h4-13,15H,3,14H2,1-2H3,(H,19,21)/t15-/m0/s1. The summed E-state index contributed by atoms with van der Waals surface area (Å²) in [7, 11) is -3.82. The highest BCUT2D eigenvalue weighted by atomic mass is 32.2. The van der Waals surface area contributed by atoms with Gasteiger partial charge in [-0.25, -0.2) is 8.42 Å². The van der Waals surface area contributed by atoms with Gasteiger partial charge in [0.2, 0.25) is 5.91 Å². The van der Waals surface area contributed by atoms with Crippen LogP contribution in [0.3, 0.4) is 0 Å². The number of carbonyl (C=O) groups excluding carboxylic acids is 1. The quantitative estimate of drug-likeness (QED) is 0.838. The summed E-state index contributed by atoms with van der Waals surface area (Å²) in [5.74, 6) is -0.326. The Morgan fingerprint density at radius 2 is 1.58 bits per heavy atom. The van der Waals surface area contributed by atoms with E-state index < -0.39 is 10.0 Å². The summed E-state index contributed by atoms with van der Waals surface area (Å²) in [6.07, 6.45) is 0.780. The van der Waals surface area contributed by atoms with Gasteiger partial charge < -0.3 is 5.32 Å². The van der Waals surface area contributed by atoms with Crippen molar-refractivity contribution in [3.63, 3.8) is 0 Å². The molecule has 6 heteroatoms. The van der Waals surface area contributed by atoms with Gasteiger partial charge in [-0.05, 0) is 37.6 Å². The molecule has 0 bridgehead atoms. The van der Waals surface area contributed by atoms with Crippen LogP contribution < -0.4 is 9.62 Å². The summed E-state index contributed by atoms with van der Waals surface area (Å²) in [4.78, 5) is 12.4. The van der Waals surface area contributed by atoms with Gasteiger partial charge in [0.25, 0.3) is 10.0 Å². The van der Waals surface area contributed by atoms with E-state index in [4.69, 9.17) is 0 Å². The molecule has 0 unspecified atom stereocenters. The lowest BCUT2D eigenvalue weighted by Gasteiger charge is -2.24. The second-order valence-electron chi connectivity index (χ2n) is 5.54. The second kappa shape index (κ2) is 7.97. The number of para-hydroxylation sites is 1. The highest BCUT2D eigenvalue weighted by molar-refractivity contribution is 7.92. The summed E-state index contributed by atoms with van der Waals surface area (Å²) < 4.78 is 27.1. The molecule has 5 nitrogen and oxygen atoms in total. The van der Waals surface area contributed by atoms with Crippen molar-refractivity contribution < 1.29 is 13.2 Å². The van der Waals surface area contributed by atoms with E-state index in [1.165, 1.54) is 12.1 Å². The van der Waals surface area contributed by atoms with Crippen LogP contribution in [0.4, 0.5) is 5.69 Å². The number of carbonyl (C=O) groups is 1. The van der Waals surface area contributed by atoms with E-state index in [-0.39, 0.29) is 23.4 Å². The Bertz CT molecular complexity index is 761. The van der Waals surface area contributed by atoms with Crippen LogP contribution >= 0.6 is 0 Å². The summed E-state index contributed by atoms with van der Waals surface area (Å²) in [5, 5.41) is 2.81. The van der Waals surface area contributed by atoms with E-state index in [1.54, 1.807) is 48.5 Å². The number of anilines is 1. The zero-order chi connectivity index (χ0) is 17.6. The first-order valence-electron chi connectivity index (χ1n) is 7.87. The lowest BCUT2D eigenvalue weighted by Crippen LogP contribution is -2.43. The molecule has 128 valence electrons. The molecule has 0 saturated carbocycles. The minimum absolute atomic E-state index is 0.00504. The number of sulfonamides is 1. The largest absolute Gasteiger partial charge is 0.352 e. The molecule has 1 atom stereocenters. The van der Waals surface area contributed by atoms with Crippen molar-refractivity contribution in [3.05, 3.63) is 60.7 Å². The Morgan fingerprint density at radius 3 is 2.12 bits per heavy atom. The molecule has 0 aliphatic carbocycles. The van der Waals surface area contributed by atoms with Crippen molar-refractivity contribution >= 4 is 21.6 Å². The number of benzene rings is 2. The molecule has 0 fully saturated rings. The zero-order valence-corrected chi connectivity index (χ0v) is 14.7. The van der Waals surface area contributed by atoms with Gasteiger partial charge in [0, 0.05) is 6.04 Å². The number of hydrogen-bond donors (Lipinski definition) is 1. The van der Waals surface area contributed by atoms with Crippen molar-refractivity contribution in [2.24, 2.45) is 0 Å². The normalized spacial score (nSPS) is 12.4. The van der Waals surface area contributed by atoms with Gasteiger partial charge in [0.1, 0.15) is 6.54 Å². The predicted octanol–water partition coefficient (Wildman–Crippen LogP) is 2.80. The highest BCUT2D eigenvalue weighted by Gasteiger charge is 2.27. The first-order valence-corrected chi connectivity index (χ1v) is 9.31. The summed E-state index contributed by atoms with van der Waals surface area (Å²) >= 11 is 0. The van der Waals surface area contributed by atoms with E-state index in [0.717, 1.165) is 10.7 Å². The van der Waals surface area contributed by atoms with Crippen molar-refractivity contribution in [1.29, 1.82) is 0 Å². The van der Waals surface area contributed by atoms with Crippen molar-refractivity contribution in [2.75, 3.05) is 10.8 Å². The third-order valence-electron chi connectivity index (χ3n) is 3.68. The fourth-order valence-corrected chi connectivity index (χ4v) is 3.62. The number of nitrogens with one attached hydrogen (secondary N) is 1. The van der Waals surface area contributed by atoms with Gasteiger partial charge in [0.05, 0.1) is 10.6 Å². The lowest BCUT2D eigenvalue weighted by molar-refractivity contribution is -0.120. The Labute approximate surface area is 143 Å². The summed E-state index contributed by atoms with van der Waals surface area (Å²) in [5.41, 5.74) is 0.459. The first-order chi connectivity index (χ1) is 11.4. The molecule has 2 rings (SSSR count). The Morgan fingerprint density at radius 1 is 1.04 bits per heavy atom. The molecule has 2 aromatic carbocycles. The third-order valence-corrected chi connectivity index (χ3v) is 5.47. The van der Waals surface area contributed by atoms with Crippen LogP contribution in [-0.2, 0) is 14.8 Å². The Balaban J connectivity index is 2.36. The highest BCUT2D eigenvalue weighted by Crippen LogP contribution is 2.23. The SMILES string of the molecule is CC[C@H](C)NC(=O)CN(c1ccccc1)S(=O)(=O)c1ccccc1. The molecule has 1 N–H and O–H groups in total. The molecule has 0 saturated heterocycles. The lowest BCUT2D eigenvalue weighted by atomic mass is 10.2. The van der Waals surface area contributed by atoms with Crippen LogP contribution in [0.15, 0.2) is 65.6 Å². The molecule has 24 heavy (non-hydrogen) atoms. The van der Waals surface area contributed by atoms with Gasteiger partial charge in [-0.1, -0.05) is 43.3 Å². The third kappa shape index (κ3) is 4.35. The molecular formula is C18H22N2O3S. The summed E-state index contributed by atoms with van der Waals surface area (Å²) in [6.45, 7) is 3.59. The molecule has 0 aromatic heterocycles. The minimum Gasteiger partial charge on any atom is -0.352 e. The molecule has 0 aliphatic heterocycles. The maximum atomic E-state index is 13.0. The maximum Gasteiger partial charge on any atom is 0.264 e. The fraction of sp³-hybridized carbons (Fsp3) is 0.278. The molecule has 0 aliphatic rings. The topological polar surface area (TPSA) is 66.5 Å². The smallest absolute Gasteiger partial charge is 0.264 e.